The highest BCUT2D eigenvalue weighted by molar-refractivity contribution is 9.10. The third kappa shape index (κ3) is 3.55. The second-order valence-electron chi connectivity index (χ2n) is 5.33. The molecule has 1 N–H and O–H groups in total. The fraction of sp³-hybridized carbons (Fsp3) is 0.333. The SMILES string of the molecule is CC(F)CCc1c(F)c2c(NCc3cccs3)nc(Cl)nn2c1Br. The summed E-state index contributed by atoms with van der Waals surface area (Å²) >= 11 is 10.9. The van der Waals surface area contributed by atoms with Crippen LogP contribution in [-0.2, 0) is 13.0 Å². The van der Waals surface area contributed by atoms with Crippen molar-refractivity contribution in [2.24, 2.45) is 0 Å². The summed E-state index contributed by atoms with van der Waals surface area (Å²) in [7, 11) is 0. The summed E-state index contributed by atoms with van der Waals surface area (Å²) in [5, 5.41) is 9.10. The highest BCUT2D eigenvalue weighted by Gasteiger charge is 2.22. The number of halogens is 4. The minimum absolute atomic E-state index is 0.00251. The van der Waals surface area contributed by atoms with Crippen molar-refractivity contribution in [2.75, 3.05) is 5.32 Å². The molecule has 1 unspecified atom stereocenters. The number of hydrogen-bond donors (Lipinski definition) is 1. The van der Waals surface area contributed by atoms with Gasteiger partial charge in [0.1, 0.15) is 10.1 Å². The number of aromatic nitrogens is 3. The molecule has 0 aliphatic rings. The number of alkyl halides is 1. The van der Waals surface area contributed by atoms with Gasteiger partial charge in [-0.25, -0.2) is 13.3 Å². The Morgan fingerprint density at radius 3 is 2.96 bits per heavy atom. The Labute approximate surface area is 155 Å². The molecule has 0 saturated heterocycles. The molecule has 0 aliphatic heterocycles. The van der Waals surface area contributed by atoms with Crippen molar-refractivity contribution in [3.63, 3.8) is 0 Å². The van der Waals surface area contributed by atoms with Gasteiger partial charge in [0.15, 0.2) is 11.6 Å². The lowest BCUT2D eigenvalue weighted by Gasteiger charge is -2.07. The first-order valence-electron chi connectivity index (χ1n) is 7.29. The van der Waals surface area contributed by atoms with Gasteiger partial charge in [0.05, 0.1) is 12.7 Å². The minimum atomic E-state index is -1.01. The Morgan fingerprint density at radius 2 is 2.29 bits per heavy atom. The van der Waals surface area contributed by atoms with Crippen LogP contribution in [0.3, 0.4) is 0 Å². The largest absolute Gasteiger partial charge is 0.363 e. The molecule has 1 atom stereocenters. The van der Waals surface area contributed by atoms with Crippen LogP contribution < -0.4 is 5.32 Å². The molecule has 3 heterocycles. The van der Waals surface area contributed by atoms with Crippen LogP contribution in [0.1, 0.15) is 23.8 Å². The van der Waals surface area contributed by atoms with Crippen molar-refractivity contribution in [1.82, 2.24) is 14.6 Å². The zero-order chi connectivity index (χ0) is 17.3. The van der Waals surface area contributed by atoms with E-state index in [0.717, 1.165) is 4.88 Å². The van der Waals surface area contributed by atoms with Crippen molar-refractivity contribution in [2.45, 2.75) is 32.5 Å². The second-order valence-corrected chi connectivity index (χ2v) is 7.45. The summed E-state index contributed by atoms with van der Waals surface area (Å²) in [6.07, 6.45) is -0.522. The standard InChI is InChI=1S/C15H14BrClF2N4S/c1-8(18)4-5-10-11(19)12-14(20-7-9-3-2-6-24-9)21-15(17)22-23(12)13(10)16/h2-3,6,8H,4-5,7H2,1H3,(H,20,21,22). The molecule has 0 fully saturated rings. The molecule has 9 heteroatoms. The number of rotatable bonds is 6. The molecule has 0 saturated carbocycles. The molecular formula is C15H14BrClF2N4S. The van der Waals surface area contributed by atoms with E-state index in [1.807, 2.05) is 17.5 Å². The molecule has 3 aromatic heterocycles. The van der Waals surface area contributed by atoms with Gasteiger partial charge in [0.25, 0.3) is 0 Å². The monoisotopic (exact) mass is 434 g/mol. The number of thiophene rings is 1. The first-order chi connectivity index (χ1) is 11.5. The van der Waals surface area contributed by atoms with E-state index < -0.39 is 12.0 Å². The number of anilines is 1. The molecule has 0 aliphatic carbocycles. The van der Waals surface area contributed by atoms with Gasteiger partial charge >= 0.3 is 0 Å². The molecule has 128 valence electrons. The summed E-state index contributed by atoms with van der Waals surface area (Å²) in [4.78, 5) is 5.19. The van der Waals surface area contributed by atoms with Gasteiger partial charge in [-0.15, -0.1) is 16.4 Å². The lowest BCUT2D eigenvalue weighted by Crippen LogP contribution is -2.05. The highest BCUT2D eigenvalue weighted by Crippen LogP contribution is 2.32. The first-order valence-corrected chi connectivity index (χ1v) is 9.35. The Balaban J connectivity index is 2.00. The van der Waals surface area contributed by atoms with E-state index in [-0.39, 0.29) is 23.6 Å². The number of fused-ring (bicyclic) bond motifs is 1. The Hall–Kier alpha value is -1.25. The van der Waals surface area contributed by atoms with E-state index in [4.69, 9.17) is 11.6 Å². The van der Waals surface area contributed by atoms with Crippen LogP contribution in [0.15, 0.2) is 22.1 Å². The molecule has 0 radical (unpaired) electrons. The van der Waals surface area contributed by atoms with E-state index >= 15 is 0 Å². The molecular weight excluding hydrogens is 422 g/mol. The second kappa shape index (κ2) is 7.33. The molecule has 0 aromatic carbocycles. The Bertz CT molecular complexity index is 851. The van der Waals surface area contributed by atoms with E-state index in [0.29, 0.717) is 22.5 Å². The van der Waals surface area contributed by atoms with Crippen LogP contribution in [0, 0.1) is 5.82 Å². The lowest BCUT2D eigenvalue weighted by molar-refractivity contribution is 0.340. The molecule has 3 rings (SSSR count). The summed E-state index contributed by atoms with van der Waals surface area (Å²) in [6.45, 7) is 1.95. The summed E-state index contributed by atoms with van der Waals surface area (Å²) in [5.41, 5.74) is 0.569. The van der Waals surface area contributed by atoms with E-state index in [1.165, 1.54) is 11.4 Å². The predicted octanol–water partition coefficient (Wildman–Crippen LogP) is 5.25. The van der Waals surface area contributed by atoms with Crippen molar-refractivity contribution in [1.29, 1.82) is 0 Å². The molecule has 0 bridgehead atoms. The van der Waals surface area contributed by atoms with Crippen molar-refractivity contribution in [3.8, 4) is 0 Å². The predicted molar refractivity (Wildman–Crippen MR) is 96.2 cm³/mol. The maximum Gasteiger partial charge on any atom is 0.243 e. The summed E-state index contributed by atoms with van der Waals surface area (Å²) < 4.78 is 29.8. The maximum absolute atomic E-state index is 14.9. The number of hydrogen-bond acceptors (Lipinski definition) is 4. The van der Waals surface area contributed by atoms with Gasteiger partial charge in [0.2, 0.25) is 5.28 Å². The van der Waals surface area contributed by atoms with Gasteiger partial charge in [-0.3, -0.25) is 0 Å². The summed E-state index contributed by atoms with van der Waals surface area (Å²) in [5.74, 6) is -0.158. The van der Waals surface area contributed by atoms with Gasteiger partial charge in [-0.2, -0.15) is 4.98 Å². The smallest absolute Gasteiger partial charge is 0.243 e. The van der Waals surface area contributed by atoms with E-state index in [1.54, 1.807) is 11.3 Å². The van der Waals surface area contributed by atoms with Crippen molar-refractivity contribution in [3.05, 3.63) is 43.7 Å². The molecule has 24 heavy (non-hydrogen) atoms. The Kier molecular flexibility index (Phi) is 5.36. The van der Waals surface area contributed by atoms with Gasteiger partial charge in [0, 0.05) is 10.4 Å². The van der Waals surface area contributed by atoms with E-state index in [2.05, 4.69) is 31.3 Å². The van der Waals surface area contributed by atoms with Gasteiger partial charge in [-0.1, -0.05) is 6.07 Å². The van der Waals surface area contributed by atoms with Crippen LogP contribution in [0.5, 0.6) is 0 Å². The normalized spacial score (nSPS) is 12.7. The molecule has 0 spiro atoms. The van der Waals surface area contributed by atoms with Crippen molar-refractivity contribution < 1.29 is 8.78 Å². The van der Waals surface area contributed by atoms with Crippen LogP contribution in [0.4, 0.5) is 14.6 Å². The number of nitrogens with zero attached hydrogens (tertiary/aromatic N) is 3. The van der Waals surface area contributed by atoms with Crippen LogP contribution >= 0.6 is 38.9 Å². The van der Waals surface area contributed by atoms with E-state index in [9.17, 15) is 8.78 Å². The fourth-order valence-corrected chi connectivity index (χ4v) is 3.80. The van der Waals surface area contributed by atoms with Gasteiger partial charge < -0.3 is 5.32 Å². The topological polar surface area (TPSA) is 42.2 Å². The lowest BCUT2D eigenvalue weighted by atomic mass is 10.1. The van der Waals surface area contributed by atoms with Gasteiger partial charge in [-0.05, 0) is 58.7 Å². The minimum Gasteiger partial charge on any atom is -0.363 e. The number of nitrogens with one attached hydrogen (secondary N) is 1. The third-order valence-corrected chi connectivity index (χ3v) is 5.38. The molecule has 3 aromatic rings. The quantitative estimate of drug-likeness (QED) is 0.575. The van der Waals surface area contributed by atoms with Crippen LogP contribution in [-0.4, -0.2) is 20.8 Å². The van der Waals surface area contributed by atoms with Crippen molar-refractivity contribution >= 4 is 50.2 Å². The first kappa shape index (κ1) is 17.6. The average Bonchev–Trinajstić information content (AvgIpc) is 3.12. The Morgan fingerprint density at radius 1 is 1.50 bits per heavy atom. The fourth-order valence-electron chi connectivity index (χ4n) is 2.36. The maximum atomic E-state index is 14.9. The zero-order valence-corrected chi connectivity index (χ0v) is 15.9. The zero-order valence-electron chi connectivity index (χ0n) is 12.7. The highest BCUT2D eigenvalue weighted by atomic mass is 79.9. The average molecular weight is 436 g/mol. The van der Waals surface area contributed by atoms with Crippen LogP contribution in [0.25, 0.3) is 5.52 Å². The molecule has 4 nitrogen and oxygen atoms in total. The molecule has 0 amide bonds. The summed E-state index contributed by atoms with van der Waals surface area (Å²) in [6, 6.07) is 3.91. The third-order valence-electron chi connectivity index (χ3n) is 3.53. The van der Waals surface area contributed by atoms with Crippen LogP contribution in [0.2, 0.25) is 5.28 Å².